The fourth-order valence-corrected chi connectivity index (χ4v) is 4.46. The van der Waals surface area contributed by atoms with Gasteiger partial charge in [0.1, 0.15) is 0 Å². The molecule has 176 valence electrons. The van der Waals surface area contributed by atoms with E-state index in [4.69, 9.17) is 9.47 Å². The highest BCUT2D eigenvalue weighted by atomic mass is 16.5. The van der Waals surface area contributed by atoms with Crippen LogP contribution < -0.4 is 0 Å². The molecule has 0 bridgehead atoms. The van der Waals surface area contributed by atoms with E-state index in [2.05, 4.69) is 27.7 Å². The van der Waals surface area contributed by atoms with Crippen LogP contribution in [0.3, 0.4) is 0 Å². The van der Waals surface area contributed by atoms with Crippen molar-refractivity contribution in [2.45, 2.75) is 118 Å². The summed E-state index contributed by atoms with van der Waals surface area (Å²) in [4.78, 5) is 24.3. The molecule has 0 radical (unpaired) electrons. The lowest BCUT2D eigenvalue weighted by molar-refractivity contribution is -0.149. The molecule has 2 unspecified atom stereocenters. The number of esters is 2. The van der Waals surface area contributed by atoms with Crippen LogP contribution in [-0.4, -0.2) is 25.2 Å². The minimum absolute atomic E-state index is 0.0254. The van der Waals surface area contributed by atoms with E-state index < -0.39 is 0 Å². The number of hydrogen-bond acceptors (Lipinski definition) is 4. The molecule has 0 aliphatic heterocycles. The van der Waals surface area contributed by atoms with Gasteiger partial charge in [-0.2, -0.15) is 0 Å². The second kappa shape index (κ2) is 16.6. The molecule has 1 aliphatic rings. The van der Waals surface area contributed by atoms with Crippen molar-refractivity contribution in [2.24, 2.45) is 23.7 Å². The molecular weight excluding hydrogens is 376 g/mol. The Labute approximate surface area is 185 Å². The summed E-state index contributed by atoms with van der Waals surface area (Å²) in [6.07, 6.45) is 14.5. The zero-order valence-electron chi connectivity index (χ0n) is 20.3. The SMILES string of the molecule is CCCCC(CC)CC(=O)OCC1CCC(COC(=O)CC(CC)CCCC)CC1. The Morgan fingerprint density at radius 2 is 1.07 bits per heavy atom. The average Bonchev–Trinajstić information content (AvgIpc) is 2.77. The molecule has 0 N–H and O–H groups in total. The van der Waals surface area contributed by atoms with E-state index in [0.29, 0.717) is 49.7 Å². The summed E-state index contributed by atoms with van der Waals surface area (Å²) in [6, 6.07) is 0. The molecule has 4 nitrogen and oxygen atoms in total. The van der Waals surface area contributed by atoms with Gasteiger partial charge in [-0.25, -0.2) is 0 Å². The van der Waals surface area contributed by atoms with Crippen molar-refractivity contribution in [3.8, 4) is 0 Å². The molecule has 0 heterocycles. The highest BCUT2D eigenvalue weighted by Gasteiger charge is 2.24. The molecule has 0 saturated heterocycles. The van der Waals surface area contributed by atoms with Crippen molar-refractivity contribution in [1.29, 1.82) is 0 Å². The van der Waals surface area contributed by atoms with E-state index in [1.807, 2.05) is 0 Å². The first-order valence-corrected chi connectivity index (χ1v) is 12.8. The number of carbonyl (C=O) groups is 2. The fraction of sp³-hybridized carbons (Fsp3) is 0.923. The molecule has 0 spiro atoms. The highest BCUT2D eigenvalue weighted by molar-refractivity contribution is 5.70. The van der Waals surface area contributed by atoms with Crippen LogP contribution in [0.25, 0.3) is 0 Å². The lowest BCUT2D eigenvalue weighted by Crippen LogP contribution is -2.24. The lowest BCUT2D eigenvalue weighted by atomic mass is 9.83. The molecule has 0 aromatic heterocycles. The van der Waals surface area contributed by atoms with Gasteiger partial charge in [0.15, 0.2) is 0 Å². The summed E-state index contributed by atoms with van der Waals surface area (Å²) >= 11 is 0. The van der Waals surface area contributed by atoms with Crippen LogP contribution in [0.15, 0.2) is 0 Å². The first-order chi connectivity index (χ1) is 14.5. The van der Waals surface area contributed by atoms with Gasteiger partial charge in [-0.3, -0.25) is 9.59 Å². The number of unbranched alkanes of at least 4 members (excludes halogenated alkanes) is 2. The maximum Gasteiger partial charge on any atom is 0.306 e. The predicted molar refractivity (Wildman–Crippen MR) is 123 cm³/mol. The third-order valence-electron chi connectivity index (χ3n) is 6.92. The summed E-state index contributed by atoms with van der Waals surface area (Å²) in [5.74, 6) is 1.82. The number of rotatable bonds is 16. The second-order valence-corrected chi connectivity index (χ2v) is 9.49. The van der Waals surface area contributed by atoms with Crippen LogP contribution in [0.4, 0.5) is 0 Å². The number of ether oxygens (including phenoxy) is 2. The second-order valence-electron chi connectivity index (χ2n) is 9.49. The smallest absolute Gasteiger partial charge is 0.306 e. The molecule has 1 aliphatic carbocycles. The normalized spacial score (nSPS) is 21.1. The third kappa shape index (κ3) is 12.0. The predicted octanol–water partition coefficient (Wildman–Crippen LogP) is 7.09. The van der Waals surface area contributed by atoms with Crippen molar-refractivity contribution in [3.05, 3.63) is 0 Å². The molecule has 2 atom stereocenters. The van der Waals surface area contributed by atoms with Gasteiger partial charge < -0.3 is 9.47 Å². The van der Waals surface area contributed by atoms with Gasteiger partial charge in [-0.1, -0.05) is 66.2 Å². The average molecular weight is 425 g/mol. The zero-order chi connectivity index (χ0) is 22.2. The van der Waals surface area contributed by atoms with Crippen LogP contribution in [0.2, 0.25) is 0 Å². The van der Waals surface area contributed by atoms with Gasteiger partial charge in [0.05, 0.1) is 13.2 Å². The quantitative estimate of drug-likeness (QED) is 0.248. The van der Waals surface area contributed by atoms with E-state index in [0.717, 1.165) is 51.4 Å². The number of carbonyl (C=O) groups excluding carboxylic acids is 2. The maximum absolute atomic E-state index is 12.2. The van der Waals surface area contributed by atoms with E-state index >= 15 is 0 Å². The molecule has 4 heteroatoms. The molecule has 30 heavy (non-hydrogen) atoms. The van der Waals surface area contributed by atoms with E-state index in [9.17, 15) is 9.59 Å². The van der Waals surface area contributed by atoms with Crippen LogP contribution in [-0.2, 0) is 19.1 Å². The Morgan fingerprint density at radius 1 is 0.700 bits per heavy atom. The Morgan fingerprint density at radius 3 is 1.37 bits per heavy atom. The van der Waals surface area contributed by atoms with Crippen molar-refractivity contribution < 1.29 is 19.1 Å². The molecule has 1 fully saturated rings. The fourth-order valence-electron chi connectivity index (χ4n) is 4.46. The van der Waals surface area contributed by atoms with Crippen LogP contribution in [0.5, 0.6) is 0 Å². The van der Waals surface area contributed by atoms with Crippen molar-refractivity contribution >= 4 is 11.9 Å². The maximum atomic E-state index is 12.2. The largest absolute Gasteiger partial charge is 0.465 e. The Balaban J connectivity index is 2.18. The summed E-state index contributed by atoms with van der Waals surface area (Å²) in [7, 11) is 0. The van der Waals surface area contributed by atoms with E-state index in [-0.39, 0.29) is 11.9 Å². The Kier molecular flexibility index (Phi) is 14.9. The van der Waals surface area contributed by atoms with Crippen LogP contribution >= 0.6 is 0 Å². The first kappa shape index (κ1) is 27.0. The van der Waals surface area contributed by atoms with Gasteiger partial charge in [-0.05, 0) is 62.2 Å². The molecule has 0 amide bonds. The summed E-state index contributed by atoms with van der Waals surface area (Å²) in [5.41, 5.74) is 0. The molecule has 0 aromatic rings. The van der Waals surface area contributed by atoms with Crippen LogP contribution in [0, 0.1) is 23.7 Å². The topological polar surface area (TPSA) is 52.6 Å². The van der Waals surface area contributed by atoms with Gasteiger partial charge in [-0.15, -0.1) is 0 Å². The minimum atomic E-state index is -0.0254. The number of hydrogen-bond donors (Lipinski definition) is 0. The van der Waals surface area contributed by atoms with Gasteiger partial charge in [0.2, 0.25) is 0 Å². The standard InChI is InChI=1S/C26H48O4/c1-5-9-11-21(7-3)17-25(27)29-19-23-13-15-24(16-14-23)20-30-26(28)18-22(8-4)12-10-6-2/h21-24H,5-20H2,1-4H3. The summed E-state index contributed by atoms with van der Waals surface area (Å²) < 4.78 is 11.2. The Bertz CT molecular complexity index is 412. The Hall–Kier alpha value is -1.06. The van der Waals surface area contributed by atoms with Crippen molar-refractivity contribution in [1.82, 2.24) is 0 Å². The summed E-state index contributed by atoms with van der Waals surface area (Å²) in [6.45, 7) is 9.83. The van der Waals surface area contributed by atoms with Gasteiger partial charge in [0.25, 0.3) is 0 Å². The van der Waals surface area contributed by atoms with Gasteiger partial charge >= 0.3 is 11.9 Å². The highest BCUT2D eigenvalue weighted by Crippen LogP contribution is 2.30. The van der Waals surface area contributed by atoms with Gasteiger partial charge in [0, 0.05) is 12.8 Å². The third-order valence-corrected chi connectivity index (χ3v) is 6.92. The zero-order valence-corrected chi connectivity index (χ0v) is 20.3. The molecule has 1 saturated carbocycles. The lowest BCUT2D eigenvalue weighted by Gasteiger charge is -2.28. The van der Waals surface area contributed by atoms with Crippen molar-refractivity contribution in [3.63, 3.8) is 0 Å². The molecule has 0 aromatic carbocycles. The van der Waals surface area contributed by atoms with Crippen molar-refractivity contribution in [2.75, 3.05) is 13.2 Å². The van der Waals surface area contributed by atoms with E-state index in [1.54, 1.807) is 0 Å². The monoisotopic (exact) mass is 424 g/mol. The molecular formula is C26H48O4. The summed E-state index contributed by atoms with van der Waals surface area (Å²) in [5, 5.41) is 0. The minimum Gasteiger partial charge on any atom is -0.465 e. The molecule has 1 rings (SSSR count). The van der Waals surface area contributed by atoms with E-state index in [1.165, 1.54) is 25.7 Å². The first-order valence-electron chi connectivity index (χ1n) is 12.8. The van der Waals surface area contributed by atoms with Crippen LogP contribution in [0.1, 0.15) is 118 Å².